The summed E-state index contributed by atoms with van der Waals surface area (Å²) in [5.41, 5.74) is -0.908. The van der Waals surface area contributed by atoms with Crippen molar-refractivity contribution >= 4 is 35.0 Å². The van der Waals surface area contributed by atoms with Crippen LogP contribution in [-0.4, -0.2) is 90.7 Å². The Kier molecular flexibility index (Phi) is 7.86. The Balaban J connectivity index is 1.27. The summed E-state index contributed by atoms with van der Waals surface area (Å²) in [5, 5.41) is 5.96. The van der Waals surface area contributed by atoms with Crippen molar-refractivity contribution < 1.29 is 28.2 Å². The number of halogens is 2. The molecule has 222 valence electrons. The zero-order chi connectivity index (χ0) is 28.9. The Morgan fingerprint density at radius 2 is 1.93 bits per heavy atom. The van der Waals surface area contributed by atoms with Gasteiger partial charge < -0.3 is 25.0 Å². The third kappa shape index (κ3) is 5.07. The Labute approximate surface area is 244 Å². The Morgan fingerprint density at radius 1 is 1.15 bits per heavy atom. The first-order chi connectivity index (χ1) is 19.7. The molecule has 0 aromatic heterocycles. The molecule has 1 aromatic carbocycles. The van der Waals surface area contributed by atoms with Gasteiger partial charge in [0.15, 0.2) is 0 Å². The first kappa shape index (κ1) is 28.6. The lowest BCUT2D eigenvalue weighted by atomic mass is 9.73. The number of carbonyl (C=O) groups excluding carboxylic acids is 3. The lowest BCUT2D eigenvalue weighted by Crippen LogP contribution is -2.58. The number of hydrogen-bond donors (Lipinski definition) is 2. The maximum absolute atomic E-state index is 14.2. The van der Waals surface area contributed by atoms with Crippen LogP contribution in [0, 0.1) is 29.5 Å². The van der Waals surface area contributed by atoms with E-state index in [-0.39, 0.29) is 22.9 Å². The second-order valence-electron chi connectivity index (χ2n) is 12.2. The van der Waals surface area contributed by atoms with Crippen molar-refractivity contribution in [1.29, 1.82) is 0 Å². The molecule has 8 atom stereocenters. The van der Waals surface area contributed by atoms with Gasteiger partial charge in [0.1, 0.15) is 17.5 Å². The number of anilines is 1. The minimum absolute atomic E-state index is 0.0165. The van der Waals surface area contributed by atoms with E-state index in [4.69, 9.17) is 21.1 Å². The first-order valence-electron chi connectivity index (χ1n) is 14.7. The second kappa shape index (κ2) is 11.3. The molecule has 4 fully saturated rings. The molecule has 0 radical (unpaired) electrons. The molecule has 2 bridgehead atoms. The van der Waals surface area contributed by atoms with Crippen LogP contribution in [0.15, 0.2) is 30.4 Å². The average Bonchev–Trinajstić information content (AvgIpc) is 3.60. The number of benzene rings is 1. The number of likely N-dealkylation sites (tertiary alicyclic amines) is 1. The molecule has 6 rings (SSSR count). The molecular weight excluding hydrogens is 551 g/mol. The van der Waals surface area contributed by atoms with E-state index in [1.54, 1.807) is 11.0 Å². The van der Waals surface area contributed by atoms with Crippen molar-refractivity contribution in [2.75, 3.05) is 44.7 Å². The zero-order valence-electron chi connectivity index (χ0n) is 23.5. The van der Waals surface area contributed by atoms with E-state index in [9.17, 15) is 18.8 Å². The number of rotatable bonds is 7. The fraction of sp³-hybridized carbons (Fsp3) is 0.633. The second-order valence-corrected chi connectivity index (χ2v) is 12.6. The number of nitrogens with zero attached hydrogens (tertiary/aromatic N) is 2. The van der Waals surface area contributed by atoms with Gasteiger partial charge in [-0.15, -0.1) is 0 Å². The summed E-state index contributed by atoms with van der Waals surface area (Å²) < 4.78 is 25.6. The smallest absolute Gasteiger partial charge is 0.246 e. The molecule has 3 saturated heterocycles. The minimum Gasteiger partial charge on any atom is -0.379 e. The quantitative estimate of drug-likeness (QED) is 0.475. The highest BCUT2D eigenvalue weighted by Gasteiger charge is 2.72. The van der Waals surface area contributed by atoms with Crippen molar-refractivity contribution in [3.8, 4) is 0 Å². The fourth-order valence-corrected chi connectivity index (χ4v) is 7.61. The summed E-state index contributed by atoms with van der Waals surface area (Å²) in [6.45, 7) is 8.10. The van der Waals surface area contributed by atoms with Crippen molar-refractivity contribution in [2.45, 2.75) is 56.9 Å². The zero-order valence-corrected chi connectivity index (χ0v) is 24.2. The van der Waals surface area contributed by atoms with E-state index < -0.39 is 41.3 Å². The number of ether oxygens (including phenoxy) is 2. The largest absolute Gasteiger partial charge is 0.379 e. The van der Waals surface area contributed by atoms with Crippen molar-refractivity contribution in [1.82, 2.24) is 15.1 Å². The predicted molar refractivity (Wildman–Crippen MR) is 151 cm³/mol. The van der Waals surface area contributed by atoms with Crippen molar-refractivity contribution in [2.24, 2.45) is 23.7 Å². The van der Waals surface area contributed by atoms with Gasteiger partial charge >= 0.3 is 0 Å². The summed E-state index contributed by atoms with van der Waals surface area (Å²) in [4.78, 5) is 45.8. The maximum atomic E-state index is 14.2. The monoisotopic (exact) mass is 588 g/mol. The lowest BCUT2D eigenvalue weighted by Gasteiger charge is -2.38. The van der Waals surface area contributed by atoms with Crippen LogP contribution < -0.4 is 10.6 Å². The van der Waals surface area contributed by atoms with Gasteiger partial charge in [0.05, 0.1) is 36.2 Å². The molecule has 3 amide bonds. The molecule has 1 spiro atoms. The SMILES string of the molecule is CC1CCCC(NC(=O)C2N(CCN3CCOCC3)C(=O)C3C(C(=O)Nc4ccc(F)c(Cl)c4)C4C=CC32O4)C1C. The number of hydrogen-bond acceptors (Lipinski definition) is 6. The molecule has 1 aromatic rings. The van der Waals surface area contributed by atoms with Crippen molar-refractivity contribution in [3.63, 3.8) is 0 Å². The van der Waals surface area contributed by atoms with Gasteiger partial charge in [0.25, 0.3) is 0 Å². The number of fused-ring (bicyclic) bond motifs is 1. The van der Waals surface area contributed by atoms with E-state index in [2.05, 4.69) is 29.4 Å². The van der Waals surface area contributed by atoms with Gasteiger partial charge in [-0.1, -0.05) is 50.4 Å². The van der Waals surface area contributed by atoms with Crippen LogP contribution in [0.3, 0.4) is 0 Å². The summed E-state index contributed by atoms with van der Waals surface area (Å²) in [6, 6.07) is 3.07. The van der Waals surface area contributed by atoms with Crippen LogP contribution >= 0.6 is 11.6 Å². The molecule has 8 unspecified atom stereocenters. The predicted octanol–water partition coefficient (Wildman–Crippen LogP) is 2.84. The fourth-order valence-electron chi connectivity index (χ4n) is 7.43. The molecule has 11 heteroatoms. The maximum Gasteiger partial charge on any atom is 0.246 e. The van der Waals surface area contributed by atoms with E-state index in [1.807, 2.05) is 6.08 Å². The van der Waals surface area contributed by atoms with Crippen LogP contribution in [-0.2, 0) is 23.9 Å². The highest BCUT2D eigenvalue weighted by molar-refractivity contribution is 6.31. The summed E-state index contributed by atoms with van der Waals surface area (Å²) in [5.74, 6) is -2.38. The molecule has 1 aliphatic carbocycles. The summed E-state index contributed by atoms with van der Waals surface area (Å²) in [6.07, 6.45) is 6.05. The number of nitrogens with one attached hydrogen (secondary N) is 2. The van der Waals surface area contributed by atoms with E-state index in [0.717, 1.165) is 32.4 Å². The third-order valence-electron chi connectivity index (χ3n) is 9.91. The van der Waals surface area contributed by atoms with Crippen LogP contribution in [0.2, 0.25) is 5.02 Å². The van der Waals surface area contributed by atoms with Gasteiger partial charge in [0, 0.05) is 37.9 Å². The molecule has 5 aliphatic rings. The number of carbonyl (C=O) groups is 3. The average molecular weight is 589 g/mol. The molecular formula is C30H38ClFN4O5. The minimum atomic E-state index is -1.23. The first-order valence-corrected chi connectivity index (χ1v) is 15.1. The third-order valence-corrected chi connectivity index (χ3v) is 10.2. The standard InChI is InChI=1S/C30H38ClFN4O5/c1-17-4-3-5-22(18(17)2)34-28(38)26-30-9-8-23(41-30)24(27(37)33-19-6-7-21(32)20(31)16-19)25(30)29(39)36(26)11-10-35-12-14-40-15-13-35/h6-9,16-18,22-26H,3-5,10-15H2,1-2H3,(H,33,37)(H,34,38). The van der Waals surface area contributed by atoms with Gasteiger partial charge in [-0.2, -0.15) is 0 Å². The van der Waals surface area contributed by atoms with E-state index >= 15 is 0 Å². The highest BCUT2D eigenvalue weighted by Crippen LogP contribution is 2.55. The molecule has 4 aliphatic heterocycles. The van der Waals surface area contributed by atoms with E-state index in [0.29, 0.717) is 43.8 Å². The summed E-state index contributed by atoms with van der Waals surface area (Å²) in [7, 11) is 0. The normalized spacial score (nSPS) is 36.4. The Morgan fingerprint density at radius 3 is 2.68 bits per heavy atom. The van der Waals surface area contributed by atoms with Gasteiger partial charge in [0.2, 0.25) is 17.7 Å². The topological polar surface area (TPSA) is 100 Å². The molecule has 9 nitrogen and oxygen atoms in total. The van der Waals surface area contributed by atoms with Crippen LogP contribution in [0.25, 0.3) is 0 Å². The van der Waals surface area contributed by atoms with Crippen LogP contribution in [0.4, 0.5) is 10.1 Å². The lowest BCUT2D eigenvalue weighted by molar-refractivity contribution is -0.142. The van der Waals surface area contributed by atoms with Gasteiger partial charge in [-0.05, 0) is 36.5 Å². The molecule has 1 saturated carbocycles. The Hall–Kier alpha value is -2.53. The number of amides is 3. The molecule has 41 heavy (non-hydrogen) atoms. The molecule has 4 heterocycles. The van der Waals surface area contributed by atoms with Gasteiger partial charge in [-0.25, -0.2) is 4.39 Å². The highest BCUT2D eigenvalue weighted by atomic mass is 35.5. The number of morpholine rings is 1. The van der Waals surface area contributed by atoms with Crippen LogP contribution in [0.1, 0.15) is 33.1 Å². The molecule has 2 N–H and O–H groups in total. The van der Waals surface area contributed by atoms with Crippen LogP contribution in [0.5, 0.6) is 0 Å². The summed E-state index contributed by atoms with van der Waals surface area (Å²) >= 11 is 5.92. The Bertz CT molecular complexity index is 1240. The van der Waals surface area contributed by atoms with E-state index in [1.165, 1.54) is 18.2 Å². The van der Waals surface area contributed by atoms with Crippen molar-refractivity contribution in [3.05, 3.63) is 41.2 Å². The van der Waals surface area contributed by atoms with Gasteiger partial charge in [-0.3, -0.25) is 19.3 Å².